The number of hydrogen-bond acceptors (Lipinski definition) is 5. The number of hydrogen-bond donors (Lipinski definition) is 1. The first-order valence-electron chi connectivity index (χ1n) is 8.27. The van der Waals surface area contributed by atoms with Gasteiger partial charge in [-0.15, -0.1) is 11.3 Å². The molecule has 0 aliphatic rings. The summed E-state index contributed by atoms with van der Waals surface area (Å²) in [5.41, 5.74) is 2.16. The number of furan rings is 1. The molecule has 5 nitrogen and oxygen atoms in total. The molecular weight excluding hydrogens is 421 g/mol. The van der Waals surface area contributed by atoms with Gasteiger partial charge in [-0.2, -0.15) is 0 Å². The van der Waals surface area contributed by atoms with Crippen molar-refractivity contribution in [1.29, 1.82) is 0 Å². The Labute approximate surface area is 176 Å². The molecular formula is C20H17Cl2NO4S. The molecule has 2 heterocycles. The minimum absolute atomic E-state index is 0.352. The number of halogens is 2. The van der Waals surface area contributed by atoms with Crippen LogP contribution in [0.1, 0.15) is 36.9 Å². The van der Waals surface area contributed by atoms with Gasteiger partial charge < -0.3 is 14.5 Å². The van der Waals surface area contributed by atoms with Crippen LogP contribution in [-0.2, 0) is 4.74 Å². The Morgan fingerprint density at radius 3 is 2.32 bits per heavy atom. The summed E-state index contributed by atoms with van der Waals surface area (Å²) in [5, 5.41) is 4.18. The smallest absolute Gasteiger partial charge is 0.341 e. The molecule has 0 unspecified atom stereocenters. The van der Waals surface area contributed by atoms with Crippen LogP contribution in [0.5, 0.6) is 0 Å². The van der Waals surface area contributed by atoms with Gasteiger partial charge in [0, 0.05) is 20.5 Å². The van der Waals surface area contributed by atoms with E-state index in [4.69, 9.17) is 32.4 Å². The number of esters is 1. The fourth-order valence-corrected chi connectivity index (χ4v) is 4.35. The fourth-order valence-electron chi connectivity index (χ4n) is 2.78. The van der Waals surface area contributed by atoms with Crippen LogP contribution in [0.2, 0.25) is 10.0 Å². The maximum absolute atomic E-state index is 12.8. The van der Waals surface area contributed by atoms with Crippen LogP contribution < -0.4 is 5.32 Å². The van der Waals surface area contributed by atoms with Gasteiger partial charge in [0.2, 0.25) is 0 Å². The summed E-state index contributed by atoms with van der Waals surface area (Å²) in [6, 6.07) is 6.65. The van der Waals surface area contributed by atoms with Gasteiger partial charge in [-0.25, -0.2) is 4.79 Å². The fraction of sp³-hybridized carbons (Fsp3) is 0.200. The summed E-state index contributed by atoms with van der Waals surface area (Å²) < 4.78 is 10.6. The van der Waals surface area contributed by atoms with Crippen molar-refractivity contribution < 1.29 is 18.7 Å². The lowest BCUT2D eigenvalue weighted by Crippen LogP contribution is -2.14. The van der Waals surface area contributed by atoms with Crippen molar-refractivity contribution in [2.24, 2.45) is 0 Å². The number of anilines is 1. The van der Waals surface area contributed by atoms with Gasteiger partial charge >= 0.3 is 5.97 Å². The first kappa shape index (κ1) is 20.5. The number of ether oxygens (including phenoxy) is 1. The SMILES string of the molecule is COC(=O)c1c(NC(=O)c2cc(-c3cc(Cl)cc(Cl)c3)oc2C)sc(C)c1C. The minimum atomic E-state index is -0.490. The molecule has 1 N–H and O–H groups in total. The van der Waals surface area contributed by atoms with Crippen LogP contribution in [0.15, 0.2) is 28.7 Å². The molecule has 0 fully saturated rings. The van der Waals surface area contributed by atoms with E-state index < -0.39 is 5.97 Å². The number of nitrogens with one attached hydrogen (secondary N) is 1. The first-order valence-corrected chi connectivity index (χ1v) is 9.85. The number of amides is 1. The lowest BCUT2D eigenvalue weighted by Gasteiger charge is -2.05. The molecule has 0 radical (unpaired) electrons. The summed E-state index contributed by atoms with van der Waals surface area (Å²) in [6.45, 7) is 5.39. The zero-order valence-corrected chi connectivity index (χ0v) is 17.9. The average Bonchev–Trinajstić information content (AvgIpc) is 3.14. The van der Waals surface area contributed by atoms with E-state index in [0.717, 1.165) is 10.4 Å². The van der Waals surface area contributed by atoms with Crippen LogP contribution in [-0.4, -0.2) is 19.0 Å². The number of benzene rings is 1. The van der Waals surface area contributed by atoms with Crippen molar-refractivity contribution in [1.82, 2.24) is 0 Å². The Hall–Kier alpha value is -2.28. The number of aryl methyl sites for hydroxylation is 2. The lowest BCUT2D eigenvalue weighted by molar-refractivity contribution is 0.0601. The normalized spacial score (nSPS) is 10.8. The van der Waals surface area contributed by atoms with E-state index in [1.165, 1.54) is 18.4 Å². The Morgan fingerprint density at radius 2 is 1.71 bits per heavy atom. The molecule has 146 valence electrons. The molecule has 28 heavy (non-hydrogen) atoms. The predicted molar refractivity (Wildman–Crippen MR) is 112 cm³/mol. The molecule has 2 aromatic heterocycles. The Kier molecular flexibility index (Phi) is 5.84. The second-order valence-corrected chi connectivity index (χ2v) is 8.27. The first-order chi connectivity index (χ1) is 13.2. The molecule has 0 atom stereocenters. The van der Waals surface area contributed by atoms with Crippen molar-refractivity contribution in [2.75, 3.05) is 12.4 Å². The van der Waals surface area contributed by atoms with E-state index in [9.17, 15) is 9.59 Å². The highest BCUT2D eigenvalue weighted by Gasteiger charge is 2.24. The van der Waals surface area contributed by atoms with Crippen molar-refractivity contribution in [2.45, 2.75) is 20.8 Å². The number of carbonyl (C=O) groups is 2. The summed E-state index contributed by atoms with van der Waals surface area (Å²) in [6.07, 6.45) is 0. The number of carbonyl (C=O) groups excluding carboxylic acids is 2. The average molecular weight is 438 g/mol. The number of methoxy groups -OCH3 is 1. The maximum atomic E-state index is 12.8. The van der Waals surface area contributed by atoms with Gasteiger partial charge in [-0.1, -0.05) is 23.2 Å². The molecule has 1 aromatic carbocycles. The summed E-state index contributed by atoms with van der Waals surface area (Å²) in [4.78, 5) is 25.8. The lowest BCUT2D eigenvalue weighted by atomic mass is 10.1. The molecule has 0 bridgehead atoms. The third kappa shape index (κ3) is 3.94. The van der Waals surface area contributed by atoms with E-state index in [1.54, 1.807) is 31.2 Å². The highest BCUT2D eigenvalue weighted by molar-refractivity contribution is 7.16. The van der Waals surface area contributed by atoms with Crippen molar-refractivity contribution in [3.8, 4) is 11.3 Å². The Bertz CT molecular complexity index is 1060. The Balaban J connectivity index is 1.94. The van der Waals surface area contributed by atoms with Crippen molar-refractivity contribution >= 4 is 51.4 Å². The van der Waals surface area contributed by atoms with Crippen molar-refractivity contribution in [3.05, 3.63) is 61.6 Å². The molecule has 0 saturated carbocycles. The molecule has 1 amide bonds. The number of thiophene rings is 1. The van der Waals surface area contributed by atoms with Gasteiger partial charge in [0.25, 0.3) is 5.91 Å². The van der Waals surface area contributed by atoms with E-state index >= 15 is 0 Å². The van der Waals surface area contributed by atoms with Gasteiger partial charge in [-0.3, -0.25) is 4.79 Å². The molecule has 3 rings (SSSR count). The predicted octanol–water partition coefficient (Wildman–Crippen LogP) is 6.28. The van der Waals surface area contributed by atoms with Crippen LogP contribution in [0, 0.1) is 20.8 Å². The largest absolute Gasteiger partial charge is 0.465 e. The van der Waals surface area contributed by atoms with Crippen LogP contribution in [0.4, 0.5) is 5.00 Å². The molecule has 8 heteroatoms. The van der Waals surface area contributed by atoms with Gasteiger partial charge in [-0.05, 0) is 50.6 Å². The van der Waals surface area contributed by atoms with E-state index in [1.807, 2.05) is 13.8 Å². The maximum Gasteiger partial charge on any atom is 0.341 e. The zero-order valence-electron chi connectivity index (χ0n) is 15.6. The van der Waals surface area contributed by atoms with Crippen molar-refractivity contribution in [3.63, 3.8) is 0 Å². The molecule has 0 aliphatic carbocycles. The van der Waals surface area contributed by atoms with E-state index in [2.05, 4.69) is 5.32 Å². The highest BCUT2D eigenvalue weighted by atomic mass is 35.5. The van der Waals surface area contributed by atoms with Gasteiger partial charge in [0.15, 0.2) is 0 Å². The Morgan fingerprint density at radius 1 is 1.07 bits per heavy atom. The van der Waals surface area contributed by atoms with Gasteiger partial charge in [0.1, 0.15) is 16.5 Å². The zero-order chi connectivity index (χ0) is 20.6. The highest BCUT2D eigenvalue weighted by Crippen LogP contribution is 2.34. The van der Waals surface area contributed by atoms with E-state index in [-0.39, 0.29) is 5.91 Å². The summed E-state index contributed by atoms with van der Waals surface area (Å²) in [5.74, 6) is 0.0364. The molecule has 3 aromatic rings. The summed E-state index contributed by atoms with van der Waals surface area (Å²) in [7, 11) is 1.31. The van der Waals surface area contributed by atoms with Crippen LogP contribution in [0.25, 0.3) is 11.3 Å². The second kappa shape index (κ2) is 7.99. The molecule has 0 aliphatic heterocycles. The third-order valence-electron chi connectivity index (χ3n) is 4.31. The van der Waals surface area contributed by atoms with Gasteiger partial charge in [0.05, 0.1) is 18.2 Å². The van der Waals surface area contributed by atoms with E-state index in [0.29, 0.717) is 43.3 Å². The quantitative estimate of drug-likeness (QED) is 0.487. The molecule has 0 spiro atoms. The van der Waals surface area contributed by atoms with Crippen LogP contribution in [0.3, 0.4) is 0 Å². The summed E-state index contributed by atoms with van der Waals surface area (Å²) >= 11 is 13.4. The third-order valence-corrected chi connectivity index (χ3v) is 5.87. The number of rotatable bonds is 4. The van der Waals surface area contributed by atoms with Crippen LogP contribution >= 0.6 is 34.5 Å². The molecule has 0 saturated heterocycles. The topological polar surface area (TPSA) is 68.5 Å². The minimum Gasteiger partial charge on any atom is -0.465 e. The standard InChI is InChI=1S/C20H17Cl2NO4S/c1-9-11(3)28-19(17(9)20(25)26-4)23-18(24)15-8-16(27-10(15)2)12-5-13(21)7-14(22)6-12/h5-8H,1-4H3,(H,23,24). The second-order valence-electron chi connectivity index (χ2n) is 6.17. The monoisotopic (exact) mass is 437 g/mol.